The van der Waals surface area contributed by atoms with Crippen LogP contribution in [0.15, 0.2) is 24.3 Å². The molecular weight excluding hydrogens is 378 g/mol. The molecule has 2 aliphatic rings. The van der Waals surface area contributed by atoms with Crippen molar-refractivity contribution in [3.8, 4) is 0 Å². The number of nitrogens with zero attached hydrogens (tertiary/aromatic N) is 1. The summed E-state index contributed by atoms with van der Waals surface area (Å²) in [6, 6.07) is 7.60. The van der Waals surface area contributed by atoms with Gasteiger partial charge in [-0.15, -0.1) is 0 Å². The standard InChI is InChI=1S/C21H30ClN3O3/c22-18-6-1-5-17(14-18)21(7-12-28-13-8-21)20(27)24-9-3-11-25-10-2-4-16(15-25)19(23)26/h1,5-6,14,16H,2-4,7-13,15H2,(H2,23,26)(H,24,27). The van der Waals surface area contributed by atoms with Crippen LogP contribution in [0.5, 0.6) is 0 Å². The number of benzene rings is 1. The normalized spacial score (nSPS) is 22.5. The van der Waals surface area contributed by atoms with Crippen LogP contribution in [0.3, 0.4) is 0 Å². The summed E-state index contributed by atoms with van der Waals surface area (Å²) in [5.41, 5.74) is 5.83. The Morgan fingerprint density at radius 3 is 2.82 bits per heavy atom. The number of nitrogens with one attached hydrogen (secondary N) is 1. The zero-order valence-electron chi connectivity index (χ0n) is 16.3. The maximum atomic E-state index is 13.1. The number of carbonyl (C=O) groups excluding carboxylic acids is 2. The Labute approximate surface area is 171 Å². The first kappa shape index (κ1) is 21.1. The molecule has 2 aliphatic heterocycles. The molecule has 0 saturated carbocycles. The zero-order valence-corrected chi connectivity index (χ0v) is 17.0. The van der Waals surface area contributed by atoms with Crippen LogP contribution in [0.25, 0.3) is 0 Å². The number of likely N-dealkylation sites (tertiary alicyclic amines) is 1. The Morgan fingerprint density at radius 2 is 2.11 bits per heavy atom. The van der Waals surface area contributed by atoms with Gasteiger partial charge in [0.1, 0.15) is 0 Å². The summed E-state index contributed by atoms with van der Waals surface area (Å²) in [6.07, 6.45) is 4.04. The highest BCUT2D eigenvalue weighted by atomic mass is 35.5. The van der Waals surface area contributed by atoms with E-state index in [1.54, 1.807) is 0 Å². The third-order valence-electron chi connectivity index (χ3n) is 6.00. The first-order valence-electron chi connectivity index (χ1n) is 10.1. The van der Waals surface area contributed by atoms with E-state index in [9.17, 15) is 9.59 Å². The molecule has 0 radical (unpaired) electrons. The van der Waals surface area contributed by atoms with Crippen molar-refractivity contribution in [1.82, 2.24) is 10.2 Å². The fourth-order valence-corrected chi connectivity index (χ4v) is 4.51. The summed E-state index contributed by atoms with van der Waals surface area (Å²) in [5, 5.41) is 3.77. The zero-order chi connectivity index (χ0) is 20.0. The van der Waals surface area contributed by atoms with Crippen molar-refractivity contribution in [2.24, 2.45) is 11.7 Å². The minimum Gasteiger partial charge on any atom is -0.381 e. The van der Waals surface area contributed by atoms with Crippen LogP contribution in [0, 0.1) is 5.92 Å². The van der Waals surface area contributed by atoms with E-state index in [0.29, 0.717) is 37.6 Å². The average Bonchev–Trinajstić information content (AvgIpc) is 2.71. The van der Waals surface area contributed by atoms with Gasteiger partial charge in [0.25, 0.3) is 0 Å². The van der Waals surface area contributed by atoms with Crippen LogP contribution >= 0.6 is 11.6 Å². The predicted molar refractivity (Wildman–Crippen MR) is 109 cm³/mol. The molecule has 1 unspecified atom stereocenters. The van der Waals surface area contributed by atoms with E-state index in [2.05, 4.69) is 10.2 Å². The Balaban J connectivity index is 1.54. The number of rotatable bonds is 7. The summed E-state index contributed by atoms with van der Waals surface area (Å²) in [4.78, 5) is 26.8. The van der Waals surface area contributed by atoms with E-state index in [1.165, 1.54) is 0 Å². The molecule has 6 nitrogen and oxygen atoms in total. The van der Waals surface area contributed by atoms with Gasteiger partial charge in [0.15, 0.2) is 0 Å². The highest BCUT2D eigenvalue weighted by Gasteiger charge is 2.41. The van der Waals surface area contributed by atoms with Gasteiger partial charge in [-0.3, -0.25) is 9.59 Å². The number of primary amides is 1. The fraction of sp³-hybridized carbons (Fsp3) is 0.619. The van der Waals surface area contributed by atoms with Crippen molar-refractivity contribution in [3.63, 3.8) is 0 Å². The van der Waals surface area contributed by atoms with Gasteiger partial charge in [-0.05, 0) is 62.9 Å². The smallest absolute Gasteiger partial charge is 0.230 e. The molecule has 1 aromatic carbocycles. The lowest BCUT2D eigenvalue weighted by Gasteiger charge is -2.36. The Morgan fingerprint density at radius 1 is 1.32 bits per heavy atom. The molecule has 0 bridgehead atoms. The lowest BCUT2D eigenvalue weighted by Crippen LogP contribution is -2.48. The average molecular weight is 408 g/mol. The Hall–Kier alpha value is -1.63. The van der Waals surface area contributed by atoms with Gasteiger partial charge >= 0.3 is 0 Å². The second kappa shape index (κ2) is 9.72. The highest BCUT2D eigenvalue weighted by Crippen LogP contribution is 2.36. The molecule has 2 heterocycles. The van der Waals surface area contributed by atoms with Crippen LogP contribution in [0.4, 0.5) is 0 Å². The van der Waals surface area contributed by atoms with E-state index >= 15 is 0 Å². The first-order chi connectivity index (χ1) is 13.5. The summed E-state index contributed by atoms with van der Waals surface area (Å²) in [6.45, 7) is 4.33. The molecule has 3 N–H and O–H groups in total. The fourth-order valence-electron chi connectivity index (χ4n) is 4.32. The summed E-state index contributed by atoms with van der Waals surface area (Å²) in [7, 11) is 0. The predicted octanol–water partition coefficient (Wildman–Crippen LogP) is 2.09. The van der Waals surface area contributed by atoms with Gasteiger partial charge in [-0.2, -0.15) is 0 Å². The van der Waals surface area contributed by atoms with Crippen molar-refractivity contribution in [2.75, 3.05) is 39.4 Å². The molecule has 154 valence electrons. The maximum Gasteiger partial charge on any atom is 0.230 e. The van der Waals surface area contributed by atoms with Crippen molar-refractivity contribution in [2.45, 2.75) is 37.5 Å². The van der Waals surface area contributed by atoms with Gasteiger partial charge in [0.05, 0.1) is 11.3 Å². The van der Waals surface area contributed by atoms with Gasteiger partial charge in [0.2, 0.25) is 11.8 Å². The van der Waals surface area contributed by atoms with E-state index in [4.69, 9.17) is 22.1 Å². The number of hydrogen-bond donors (Lipinski definition) is 2. The molecule has 28 heavy (non-hydrogen) atoms. The van der Waals surface area contributed by atoms with Gasteiger partial charge < -0.3 is 20.7 Å². The summed E-state index contributed by atoms with van der Waals surface area (Å²) < 4.78 is 5.50. The van der Waals surface area contributed by atoms with Crippen molar-refractivity contribution in [3.05, 3.63) is 34.9 Å². The molecule has 7 heteroatoms. The van der Waals surface area contributed by atoms with E-state index in [1.807, 2.05) is 24.3 Å². The summed E-state index contributed by atoms with van der Waals surface area (Å²) >= 11 is 6.18. The quantitative estimate of drug-likeness (QED) is 0.678. The monoisotopic (exact) mass is 407 g/mol. The van der Waals surface area contributed by atoms with E-state index in [0.717, 1.165) is 44.5 Å². The van der Waals surface area contributed by atoms with E-state index in [-0.39, 0.29) is 17.7 Å². The molecule has 0 aliphatic carbocycles. The lowest BCUT2D eigenvalue weighted by molar-refractivity contribution is -0.130. The molecule has 2 saturated heterocycles. The highest BCUT2D eigenvalue weighted by molar-refractivity contribution is 6.30. The molecule has 2 amide bonds. The molecule has 0 spiro atoms. The number of halogens is 1. The van der Waals surface area contributed by atoms with Crippen molar-refractivity contribution >= 4 is 23.4 Å². The number of hydrogen-bond acceptors (Lipinski definition) is 4. The number of nitrogens with two attached hydrogens (primary N) is 1. The molecule has 1 aromatic rings. The summed E-state index contributed by atoms with van der Waals surface area (Å²) in [5.74, 6) is -0.204. The second-order valence-corrected chi connectivity index (χ2v) is 8.29. The minimum absolute atomic E-state index is 0.0447. The van der Waals surface area contributed by atoms with E-state index < -0.39 is 5.41 Å². The minimum atomic E-state index is -0.578. The first-order valence-corrected chi connectivity index (χ1v) is 10.5. The SMILES string of the molecule is NC(=O)C1CCCN(CCCNC(=O)C2(c3cccc(Cl)c3)CCOCC2)C1. The number of piperidine rings is 1. The van der Waals surface area contributed by atoms with Gasteiger partial charge in [0, 0.05) is 31.3 Å². The second-order valence-electron chi connectivity index (χ2n) is 7.86. The van der Waals surface area contributed by atoms with Crippen LogP contribution in [-0.2, 0) is 19.7 Å². The molecule has 0 aromatic heterocycles. The van der Waals surface area contributed by atoms with Crippen molar-refractivity contribution < 1.29 is 14.3 Å². The lowest BCUT2D eigenvalue weighted by atomic mass is 9.73. The Kier molecular flexibility index (Phi) is 7.32. The van der Waals surface area contributed by atoms with Crippen molar-refractivity contribution in [1.29, 1.82) is 0 Å². The topological polar surface area (TPSA) is 84.7 Å². The van der Waals surface area contributed by atoms with Crippen LogP contribution < -0.4 is 11.1 Å². The van der Waals surface area contributed by atoms with Gasteiger partial charge in [-0.1, -0.05) is 23.7 Å². The number of ether oxygens (including phenoxy) is 1. The maximum absolute atomic E-state index is 13.1. The number of amides is 2. The Bertz CT molecular complexity index is 691. The number of carbonyl (C=O) groups is 2. The molecular formula is C21H30ClN3O3. The van der Waals surface area contributed by atoms with Crippen LogP contribution in [0.2, 0.25) is 5.02 Å². The third-order valence-corrected chi connectivity index (χ3v) is 6.24. The third kappa shape index (κ3) is 5.04. The molecule has 1 atom stereocenters. The van der Waals surface area contributed by atoms with Crippen LogP contribution in [-0.4, -0.2) is 56.1 Å². The molecule has 2 fully saturated rings. The van der Waals surface area contributed by atoms with Crippen LogP contribution in [0.1, 0.15) is 37.7 Å². The van der Waals surface area contributed by atoms with Gasteiger partial charge in [-0.25, -0.2) is 0 Å². The largest absolute Gasteiger partial charge is 0.381 e. The molecule has 3 rings (SSSR count).